The first kappa shape index (κ1) is 24.4. The predicted molar refractivity (Wildman–Crippen MR) is 129 cm³/mol. The van der Waals surface area contributed by atoms with Gasteiger partial charge in [0.25, 0.3) is 0 Å². The molecule has 35 heavy (non-hydrogen) atoms. The van der Waals surface area contributed by atoms with Crippen molar-refractivity contribution in [3.05, 3.63) is 54.4 Å². The first-order chi connectivity index (χ1) is 17.0. The first-order valence-corrected chi connectivity index (χ1v) is 12.1. The molecule has 0 unspecified atom stereocenters. The molecule has 0 radical (unpaired) electrons. The van der Waals surface area contributed by atoms with E-state index in [1.807, 2.05) is 30.5 Å². The highest BCUT2D eigenvalue weighted by molar-refractivity contribution is 5.90. The van der Waals surface area contributed by atoms with Crippen LogP contribution in [0.5, 0.6) is 5.75 Å². The third-order valence-corrected chi connectivity index (χ3v) is 6.10. The molecule has 2 N–H and O–H groups in total. The van der Waals surface area contributed by atoms with Crippen molar-refractivity contribution in [3.8, 4) is 5.75 Å². The van der Waals surface area contributed by atoms with Gasteiger partial charge in [-0.2, -0.15) is 10.1 Å². The van der Waals surface area contributed by atoms with E-state index < -0.39 is 5.54 Å². The van der Waals surface area contributed by atoms with Crippen LogP contribution in [-0.2, 0) is 28.1 Å². The van der Waals surface area contributed by atoms with Crippen molar-refractivity contribution in [1.29, 1.82) is 0 Å². The number of ether oxygens (including phenoxy) is 1. The second-order valence-corrected chi connectivity index (χ2v) is 8.88. The number of carbonyl (C=O) groups excluding carboxylic acids is 2. The SMILES string of the molecule is CC(=O)NC1(c2noc(CCC(=O)Nc3cccc(OCCn4cccn4)c3)n2)CCCCCC1. The van der Waals surface area contributed by atoms with E-state index in [2.05, 4.69) is 25.9 Å². The smallest absolute Gasteiger partial charge is 0.227 e. The van der Waals surface area contributed by atoms with Crippen LogP contribution in [0, 0.1) is 0 Å². The predicted octanol–water partition coefficient (Wildman–Crippen LogP) is 3.60. The van der Waals surface area contributed by atoms with Crippen LogP contribution in [0.4, 0.5) is 5.69 Å². The molecule has 10 heteroatoms. The molecule has 0 bridgehead atoms. The third kappa shape index (κ3) is 6.91. The van der Waals surface area contributed by atoms with E-state index >= 15 is 0 Å². The first-order valence-electron chi connectivity index (χ1n) is 12.1. The van der Waals surface area contributed by atoms with Crippen molar-refractivity contribution in [2.45, 2.75) is 70.4 Å². The Labute approximate surface area is 204 Å². The molecule has 3 aromatic rings. The molecule has 1 aliphatic rings. The van der Waals surface area contributed by atoms with Crippen LogP contribution in [0.25, 0.3) is 0 Å². The lowest BCUT2D eigenvalue weighted by molar-refractivity contribution is -0.121. The number of benzene rings is 1. The summed E-state index contributed by atoms with van der Waals surface area (Å²) in [7, 11) is 0. The zero-order valence-electron chi connectivity index (χ0n) is 20.0. The van der Waals surface area contributed by atoms with Crippen molar-refractivity contribution >= 4 is 17.5 Å². The summed E-state index contributed by atoms with van der Waals surface area (Å²) in [5.74, 6) is 1.29. The molecule has 1 fully saturated rings. The molecule has 1 saturated carbocycles. The van der Waals surface area contributed by atoms with Gasteiger partial charge in [0.1, 0.15) is 17.9 Å². The summed E-state index contributed by atoms with van der Waals surface area (Å²) >= 11 is 0. The Hall–Kier alpha value is -3.69. The average Bonchev–Trinajstić information content (AvgIpc) is 3.47. The van der Waals surface area contributed by atoms with Gasteiger partial charge in [-0.25, -0.2) is 0 Å². The zero-order valence-corrected chi connectivity index (χ0v) is 20.0. The lowest BCUT2D eigenvalue weighted by Gasteiger charge is -2.30. The maximum absolute atomic E-state index is 12.5. The number of hydrogen-bond donors (Lipinski definition) is 2. The summed E-state index contributed by atoms with van der Waals surface area (Å²) in [5.41, 5.74) is 0.0605. The van der Waals surface area contributed by atoms with Gasteiger partial charge < -0.3 is 19.9 Å². The van der Waals surface area contributed by atoms with E-state index in [-0.39, 0.29) is 18.2 Å². The molecular formula is C25H32N6O4. The Morgan fingerprint density at radius 3 is 2.74 bits per heavy atom. The van der Waals surface area contributed by atoms with Crippen LogP contribution in [0.2, 0.25) is 0 Å². The van der Waals surface area contributed by atoms with E-state index in [9.17, 15) is 9.59 Å². The number of rotatable bonds is 10. The summed E-state index contributed by atoms with van der Waals surface area (Å²) in [5, 5.41) is 14.3. The molecule has 4 rings (SSSR count). The largest absolute Gasteiger partial charge is 0.492 e. The second-order valence-electron chi connectivity index (χ2n) is 8.88. The molecule has 2 aromatic heterocycles. The normalized spacial score (nSPS) is 15.2. The highest BCUT2D eigenvalue weighted by Crippen LogP contribution is 2.34. The maximum Gasteiger partial charge on any atom is 0.227 e. The van der Waals surface area contributed by atoms with E-state index in [1.54, 1.807) is 16.9 Å². The number of amides is 2. The number of aromatic nitrogens is 4. The van der Waals surface area contributed by atoms with Gasteiger partial charge >= 0.3 is 0 Å². The third-order valence-electron chi connectivity index (χ3n) is 6.10. The van der Waals surface area contributed by atoms with Gasteiger partial charge in [0.2, 0.25) is 17.7 Å². The molecule has 2 heterocycles. The molecule has 0 aliphatic heterocycles. The number of aryl methyl sites for hydroxylation is 1. The molecule has 1 aromatic carbocycles. The Kier molecular flexibility index (Phi) is 8.12. The standard InChI is InChI=1S/C25H32N6O4/c1-19(32)29-25(12-4-2-3-5-13-25)24-28-23(35-30-24)11-10-22(33)27-20-8-6-9-21(18-20)34-17-16-31-15-7-14-26-31/h6-9,14-15,18H,2-5,10-13,16-17H2,1H3,(H,27,33)(H,29,32). The molecule has 186 valence electrons. The fourth-order valence-electron chi connectivity index (χ4n) is 4.42. The number of nitrogens with one attached hydrogen (secondary N) is 2. The maximum atomic E-state index is 12.5. The fourth-order valence-corrected chi connectivity index (χ4v) is 4.42. The number of carbonyl (C=O) groups is 2. The minimum Gasteiger partial charge on any atom is -0.492 e. The highest BCUT2D eigenvalue weighted by atomic mass is 16.5. The molecular weight excluding hydrogens is 448 g/mol. The quantitative estimate of drug-likeness (QED) is 0.425. The monoisotopic (exact) mass is 480 g/mol. The topological polar surface area (TPSA) is 124 Å². The van der Waals surface area contributed by atoms with Crippen LogP contribution in [0.1, 0.15) is 63.6 Å². The average molecular weight is 481 g/mol. The Bertz CT molecular complexity index is 1100. The molecule has 1 aliphatic carbocycles. The van der Waals surface area contributed by atoms with Crippen LogP contribution in [0.15, 0.2) is 47.2 Å². The van der Waals surface area contributed by atoms with Crippen molar-refractivity contribution in [1.82, 2.24) is 25.2 Å². The van der Waals surface area contributed by atoms with E-state index in [0.29, 0.717) is 42.7 Å². The molecule has 0 atom stereocenters. The summed E-state index contributed by atoms with van der Waals surface area (Å²) in [4.78, 5) is 28.9. The minimum atomic E-state index is -0.593. The Balaban J connectivity index is 1.29. The number of anilines is 1. The molecule has 0 saturated heterocycles. The van der Waals surface area contributed by atoms with Crippen molar-refractivity contribution in [2.24, 2.45) is 0 Å². The fraction of sp³-hybridized carbons (Fsp3) is 0.480. The van der Waals surface area contributed by atoms with Crippen molar-refractivity contribution < 1.29 is 18.8 Å². The summed E-state index contributed by atoms with van der Waals surface area (Å²) in [6.45, 7) is 2.62. The number of hydrogen-bond acceptors (Lipinski definition) is 7. The minimum absolute atomic E-state index is 0.106. The van der Waals surface area contributed by atoms with Crippen LogP contribution in [-0.4, -0.2) is 38.3 Å². The lowest BCUT2D eigenvalue weighted by Crippen LogP contribution is -2.45. The van der Waals surface area contributed by atoms with Gasteiger partial charge in [0.15, 0.2) is 5.82 Å². The summed E-state index contributed by atoms with van der Waals surface area (Å²) < 4.78 is 13.0. The van der Waals surface area contributed by atoms with Crippen LogP contribution >= 0.6 is 0 Å². The zero-order chi connectivity index (χ0) is 24.5. The summed E-state index contributed by atoms with van der Waals surface area (Å²) in [6, 6.07) is 9.14. The van der Waals surface area contributed by atoms with Gasteiger partial charge in [-0.15, -0.1) is 0 Å². The Morgan fingerprint density at radius 1 is 1.17 bits per heavy atom. The number of nitrogens with zero attached hydrogens (tertiary/aromatic N) is 4. The van der Waals surface area contributed by atoms with Crippen molar-refractivity contribution in [3.63, 3.8) is 0 Å². The second kappa shape index (κ2) is 11.6. The van der Waals surface area contributed by atoms with Gasteiger partial charge in [-0.1, -0.05) is 36.9 Å². The molecule has 2 amide bonds. The molecule has 0 spiro atoms. The van der Waals surface area contributed by atoms with Crippen LogP contribution in [0.3, 0.4) is 0 Å². The van der Waals surface area contributed by atoms with Gasteiger partial charge in [0.05, 0.1) is 6.54 Å². The van der Waals surface area contributed by atoms with Crippen LogP contribution < -0.4 is 15.4 Å². The lowest BCUT2D eigenvalue weighted by atomic mass is 9.89. The van der Waals surface area contributed by atoms with Gasteiger partial charge in [-0.3, -0.25) is 14.3 Å². The molecule has 10 nitrogen and oxygen atoms in total. The van der Waals surface area contributed by atoms with E-state index in [1.165, 1.54) is 6.92 Å². The van der Waals surface area contributed by atoms with Gasteiger partial charge in [0, 0.05) is 43.9 Å². The van der Waals surface area contributed by atoms with E-state index in [4.69, 9.17) is 9.26 Å². The van der Waals surface area contributed by atoms with E-state index in [0.717, 1.165) is 38.5 Å². The highest BCUT2D eigenvalue weighted by Gasteiger charge is 2.38. The van der Waals surface area contributed by atoms with Crippen molar-refractivity contribution in [2.75, 3.05) is 11.9 Å². The summed E-state index contributed by atoms with van der Waals surface area (Å²) in [6.07, 6.45) is 9.93. The van der Waals surface area contributed by atoms with Gasteiger partial charge in [-0.05, 0) is 31.0 Å². The Morgan fingerprint density at radius 2 is 2.00 bits per heavy atom.